The van der Waals surface area contributed by atoms with Gasteiger partial charge in [0.25, 0.3) is 0 Å². The fourth-order valence-electron chi connectivity index (χ4n) is 1.13. The second-order valence-electron chi connectivity index (χ2n) is 3.20. The lowest BCUT2D eigenvalue weighted by Gasteiger charge is -2.05. The van der Waals surface area contributed by atoms with Crippen LogP contribution in [0.3, 0.4) is 0 Å². The van der Waals surface area contributed by atoms with E-state index in [0.717, 1.165) is 24.3 Å². The molecule has 0 amide bonds. The van der Waals surface area contributed by atoms with Crippen molar-refractivity contribution in [1.29, 1.82) is 0 Å². The first kappa shape index (κ1) is 14.2. The van der Waals surface area contributed by atoms with E-state index in [4.69, 9.17) is 9.84 Å². The number of hydrogen-bond acceptors (Lipinski definition) is 4. The van der Waals surface area contributed by atoms with Gasteiger partial charge in [-0.15, -0.1) is 0 Å². The standard InChI is InChI=1S/C11H11FO5S/c1-2-17-7-10(11(13)14)18(15,16)9-5-3-8(12)4-6-9/h3-7H,2H2,1H3,(H,13,14). The molecule has 0 fully saturated rings. The molecule has 0 radical (unpaired) electrons. The molecule has 0 aromatic heterocycles. The Morgan fingerprint density at radius 3 is 2.39 bits per heavy atom. The highest BCUT2D eigenvalue weighted by atomic mass is 32.2. The third-order valence-electron chi connectivity index (χ3n) is 1.98. The van der Waals surface area contributed by atoms with E-state index in [-0.39, 0.29) is 11.5 Å². The van der Waals surface area contributed by atoms with Crippen LogP contribution in [-0.4, -0.2) is 26.1 Å². The van der Waals surface area contributed by atoms with Gasteiger partial charge in [-0.2, -0.15) is 0 Å². The molecule has 0 heterocycles. The number of sulfone groups is 1. The van der Waals surface area contributed by atoms with Crippen LogP contribution in [0.15, 0.2) is 40.3 Å². The van der Waals surface area contributed by atoms with E-state index in [2.05, 4.69) is 0 Å². The van der Waals surface area contributed by atoms with Gasteiger partial charge >= 0.3 is 5.97 Å². The molecule has 18 heavy (non-hydrogen) atoms. The molecule has 98 valence electrons. The summed E-state index contributed by atoms with van der Waals surface area (Å²) in [5.41, 5.74) is 0. The van der Waals surface area contributed by atoms with Crippen LogP contribution in [0.25, 0.3) is 0 Å². The summed E-state index contributed by atoms with van der Waals surface area (Å²) in [5, 5.41) is 8.85. The van der Waals surface area contributed by atoms with Crippen molar-refractivity contribution in [3.05, 3.63) is 41.2 Å². The molecule has 0 aliphatic rings. The molecule has 0 unspecified atom stereocenters. The van der Waals surface area contributed by atoms with Gasteiger partial charge in [-0.25, -0.2) is 17.6 Å². The number of carbonyl (C=O) groups is 1. The smallest absolute Gasteiger partial charge is 0.350 e. The second-order valence-corrected chi connectivity index (χ2v) is 5.12. The van der Waals surface area contributed by atoms with Gasteiger partial charge in [-0.1, -0.05) is 0 Å². The Hall–Kier alpha value is -1.89. The molecule has 1 N–H and O–H groups in total. The highest BCUT2D eigenvalue weighted by molar-refractivity contribution is 7.96. The van der Waals surface area contributed by atoms with E-state index < -0.39 is 26.5 Å². The van der Waals surface area contributed by atoms with Gasteiger partial charge in [-0.05, 0) is 31.2 Å². The van der Waals surface area contributed by atoms with Gasteiger partial charge in [0.1, 0.15) is 12.1 Å². The van der Waals surface area contributed by atoms with Crippen molar-refractivity contribution < 1.29 is 27.4 Å². The van der Waals surface area contributed by atoms with Crippen molar-refractivity contribution in [1.82, 2.24) is 0 Å². The van der Waals surface area contributed by atoms with Gasteiger partial charge in [0.15, 0.2) is 4.91 Å². The van der Waals surface area contributed by atoms with Crippen LogP contribution in [0.1, 0.15) is 6.92 Å². The maximum Gasteiger partial charge on any atom is 0.350 e. The Bertz CT molecular complexity index is 560. The van der Waals surface area contributed by atoms with Crippen LogP contribution < -0.4 is 0 Å². The zero-order valence-electron chi connectivity index (χ0n) is 9.46. The van der Waals surface area contributed by atoms with E-state index in [0.29, 0.717) is 6.26 Å². The van der Waals surface area contributed by atoms with Crippen molar-refractivity contribution in [2.24, 2.45) is 0 Å². The third-order valence-corrected chi connectivity index (χ3v) is 3.72. The predicted octanol–water partition coefficient (Wildman–Crippen LogP) is 1.56. The minimum Gasteiger partial charge on any atom is -0.500 e. The van der Waals surface area contributed by atoms with Crippen molar-refractivity contribution in [2.75, 3.05) is 6.61 Å². The van der Waals surface area contributed by atoms with Crippen LogP contribution in [0.5, 0.6) is 0 Å². The first-order valence-corrected chi connectivity index (χ1v) is 6.43. The molecule has 0 spiro atoms. The number of carboxylic acid groups (broad SMARTS) is 1. The van der Waals surface area contributed by atoms with Crippen LogP contribution in [-0.2, 0) is 19.4 Å². The topological polar surface area (TPSA) is 80.7 Å². The number of carboxylic acids is 1. The summed E-state index contributed by atoms with van der Waals surface area (Å²) in [6.45, 7) is 1.72. The maximum absolute atomic E-state index is 12.7. The number of rotatable bonds is 5. The number of ether oxygens (including phenoxy) is 1. The van der Waals surface area contributed by atoms with Crippen LogP contribution >= 0.6 is 0 Å². The number of hydrogen-bond donors (Lipinski definition) is 1. The lowest BCUT2D eigenvalue weighted by atomic mass is 10.4. The zero-order valence-corrected chi connectivity index (χ0v) is 10.3. The van der Waals surface area contributed by atoms with Gasteiger partial charge in [0.2, 0.25) is 9.84 Å². The van der Waals surface area contributed by atoms with Gasteiger partial charge in [0.05, 0.1) is 11.5 Å². The molecule has 0 aliphatic carbocycles. The molecular formula is C11H11FO5S. The lowest BCUT2D eigenvalue weighted by Crippen LogP contribution is -2.14. The molecule has 5 nitrogen and oxygen atoms in total. The predicted molar refractivity (Wildman–Crippen MR) is 60.9 cm³/mol. The zero-order chi connectivity index (χ0) is 13.8. The van der Waals surface area contributed by atoms with E-state index in [9.17, 15) is 17.6 Å². The summed E-state index contributed by atoms with van der Waals surface area (Å²) in [4.78, 5) is 9.69. The summed E-state index contributed by atoms with van der Waals surface area (Å²) in [5.74, 6) is -2.24. The Morgan fingerprint density at radius 1 is 1.39 bits per heavy atom. The van der Waals surface area contributed by atoms with Crippen molar-refractivity contribution in [2.45, 2.75) is 11.8 Å². The Kier molecular flexibility index (Phi) is 4.43. The highest BCUT2D eigenvalue weighted by Gasteiger charge is 2.27. The normalized spacial score (nSPS) is 12.2. The highest BCUT2D eigenvalue weighted by Crippen LogP contribution is 2.19. The largest absolute Gasteiger partial charge is 0.500 e. The van der Waals surface area contributed by atoms with E-state index in [1.807, 2.05) is 0 Å². The fourth-order valence-corrected chi connectivity index (χ4v) is 2.30. The molecule has 1 aromatic rings. The molecule has 7 heteroatoms. The molecule has 1 aromatic carbocycles. The monoisotopic (exact) mass is 274 g/mol. The summed E-state index contributed by atoms with van der Waals surface area (Å²) < 4.78 is 41.3. The SMILES string of the molecule is CCOC=C(C(=O)O)S(=O)(=O)c1ccc(F)cc1. The van der Waals surface area contributed by atoms with Crippen LogP contribution in [0.2, 0.25) is 0 Å². The molecule has 0 aliphatic heterocycles. The Balaban J connectivity index is 3.26. The molecular weight excluding hydrogens is 263 g/mol. The van der Waals surface area contributed by atoms with E-state index >= 15 is 0 Å². The summed E-state index contributed by atoms with van der Waals surface area (Å²) in [6.07, 6.45) is 0.668. The number of halogens is 1. The second kappa shape index (κ2) is 5.63. The van der Waals surface area contributed by atoms with Gasteiger partial charge in [0, 0.05) is 0 Å². The quantitative estimate of drug-likeness (QED) is 0.500. The summed E-state index contributed by atoms with van der Waals surface area (Å²) in [7, 11) is -4.22. The Labute approximate surface area is 103 Å². The van der Waals surface area contributed by atoms with Crippen LogP contribution in [0.4, 0.5) is 4.39 Å². The molecule has 0 bridgehead atoms. The average molecular weight is 274 g/mol. The minimum atomic E-state index is -4.22. The number of benzene rings is 1. The Morgan fingerprint density at radius 2 is 1.94 bits per heavy atom. The van der Waals surface area contributed by atoms with Gasteiger partial charge in [-0.3, -0.25) is 0 Å². The average Bonchev–Trinajstić information content (AvgIpc) is 2.29. The molecule has 0 saturated carbocycles. The van der Waals surface area contributed by atoms with Crippen molar-refractivity contribution >= 4 is 15.8 Å². The molecule has 0 atom stereocenters. The third kappa shape index (κ3) is 3.07. The fraction of sp³-hybridized carbons (Fsp3) is 0.182. The van der Waals surface area contributed by atoms with Crippen LogP contribution in [0, 0.1) is 5.82 Å². The minimum absolute atomic E-state index is 0.135. The number of aliphatic carboxylic acids is 1. The van der Waals surface area contributed by atoms with E-state index in [1.54, 1.807) is 6.92 Å². The summed E-state index contributed by atoms with van der Waals surface area (Å²) >= 11 is 0. The van der Waals surface area contributed by atoms with Gasteiger partial charge < -0.3 is 9.84 Å². The molecule has 1 rings (SSSR count). The maximum atomic E-state index is 12.7. The lowest BCUT2D eigenvalue weighted by molar-refractivity contribution is -0.132. The first-order chi connectivity index (χ1) is 8.39. The van der Waals surface area contributed by atoms with Crippen molar-refractivity contribution in [3.63, 3.8) is 0 Å². The first-order valence-electron chi connectivity index (χ1n) is 4.95. The summed E-state index contributed by atoms with van der Waals surface area (Å²) in [6, 6.07) is 3.86. The molecule has 0 saturated heterocycles. The van der Waals surface area contributed by atoms with Crippen molar-refractivity contribution in [3.8, 4) is 0 Å². The van der Waals surface area contributed by atoms with E-state index in [1.165, 1.54) is 0 Å².